The second-order valence-electron chi connectivity index (χ2n) is 6.95. The number of aryl methyl sites for hydroxylation is 1. The van der Waals surface area contributed by atoms with E-state index in [9.17, 15) is 4.79 Å². The van der Waals surface area contributed by atoms with Crippen molar-refractivity contribution in [2.45, 2.75) is 13.3 Å². The number of carbonyl (C=O) groups is 1. The highest BCUT2D eigenvalue weighted by molar-refractivity contribution is 7.22. The van der Waals surface area contributed by atoms with Crippen LogP contribution in [0.5, 0.6) is 5.75 Å². The average Bonchev–Trinajstić information content (AvgIpc) is 3.07. The minimum atomic E-state index is 0.0677. The first kappa shape index (κ1) is 19.3. The van der Waals surface area contributed by atoms with Crippen molar-refractivity contribution in [1.82, 2.24) is 4.98 Å². The molecule has 0 fully saturated rings. The fourth-order valence-corrected chi connectivity index (χ4v) is 3.95. The predicted octanol–water partition coefficient (Wildman–Crippen LogP) is 2.33. The van der Waals surface area contributed by atoms with Gasteiger partial charge < -0.3 is 9.64 Å². The van der Waals surface area contributed by atoms with Crippen LogP contribution in [0, 0.1) is 6.92 Å². The molecule has 5 nitrogen and oxygen atoms in total. The van der Waals surface area contributed by atoms with E-state index in [0.717, 1.165) is 38.8 Å². The summed E-state index contributed by atoms with van der Waals surface area (Å²) in [6.45, 7) is 3.57. The number of nitrogens with zero attached hydrogens (tertiary/aromatic N) is 2. The summed E-state index contributed by atoms with van der Waals surface area (Å²) in [5.74, 6) is 0.860. The Bertz CT molecular complexity index is 919. The lowest BCUT2D eigenvalue weighted by atomic mass is 10.1. The summed E-state index contributed by atoms with van der Waals surface area (Å²) in [7, 11) is 5.82. The Morgan fingerprint density at radius 3 is 2.56 bits per heavy atom. The first-order valence-electron chi connectivity index (χ1n) is 9.06. The van der Waals surface area contributed by atoms with Crippen molar-refractivity contribution in [3.8, 4) is 5.75 Å². The summed E-state index contributed by atoms with van der Waals surface area (Å²) in [5, 5.41) is 0.777. The molecule has 3 aromatic rings. The maximum Gasteiger partial charge on any atom is 0.233 e. The van der Waals surface area contributed by atoms with Crippen LogP contribution in [-0.2, 0) is 11.2 Å². The Hall–Kier alpha value is -2.44. The van der Waals surface area contributed by atoms with E-state index in [0.29, 0.717) is 13.0 Å². The van der Waals surface area contributed by atoms with Crippen molar-refractivity contribution in [1.29, 1.82) is 0 Å². The van der Waals surface area contributed by atoms with Gasteiger partial charge in [0.05, 0.1) is 50.9 Å². The molecule has 0 aliphatic rings. The first-order chi connectivity index (χ1) is 13.0. The van der Waals surface area contributed by atoms with Crippen LogP contribution in [0.2, 0.25) is 0 Å². The molecule has 1 heterocycles. The number of ether oxygens (including phenoxy) is 1. The van der Waals surface area contributed by atoms with E-state index in [1.54, 1.807) is 18.4 Å². The van der Waals surface area contributed by atoms with Crippen LogP contribution >= 0.6 is 11.3 Å². The van der Waals surface area contributed by atoms with Crippen molar-refractivity contribution in [3.05, 3.63) is 53.6 Å². The molecule has 0 saturated carbocycles. The molecule has 6 heteroatoms. The van der Waals surface area contributed by atoms with Crippen molar-refractivity contribution in [3.63, 3.8) is 0 Å². The molecule has 0 radical (unpaired) electrons. The molecule has 1 amide bonds. The van der Waals surface area contributed by atoms with Gasteiger partial charge >= 0.3 is 0 Å². The van der Waals surface area contributed by atoms with Crippen molar-refractivity contribution in [2.24, 2.45) is 0 Å². The molecule has 2 aromatic carbocycles. The summed E-state index contributed by atoms with van der Waals surface area (Å²) in [5.41, 5.74) is 3.09. The summed E-state index contributed by atoms with van der Waals surface area (Å²) < 4.78 is 6.31. The SMILES string of the molecule is COc1ccc(CC(=O)N(CC[NH+](C)C)c2nc3c(C)cccc3s2)cc1. The standard InChI is InChI=1S/C21H25N3O2S/c1-15-6-5-7-18-20(15)22-21(27-18)24(13-12-23(2)3)19(25)14-16-8-10-17(26-4)11-9-16/h5-11H,12-14H2,1-4H3/p+1. The van der Waals surface area contributed by atoms with Gasteiger partial charge in [-0.1, -0.05) is 35.6 Å². The lowest BCUT2D eigenvalue weighted by Gasteiger charge is -2.20. The van der Waals surface area contributed by atoms with Crippen LogP contribution < -0.4 is 14.5 Å². The number of amides is 1. The Kier molecular flexibility index (Phi) is 6.08. The average molecular weight is 385 g/mol. The van der Waals surface area contributed by atoms with E-state index in [-0.39, 0.29) is 5.91 Å². The van der Waals surface area contributed by atoms with E-state index in [4.69, 9.17) is 9.72 Å². The van der Waals surface area contributed by atoms with Gasteiger partial charge in [-0.15, -0.1) is 0 Å². The number of anilines is 1. The van der Waals surface area contributed by atoms with Crippen LogP contribution in [0.4, 0.5) is 5.13 Å². The van der Waals surface area contributed by atoms with E-state index in [1.165, 1.54) is 4.90 Å². The van der Waals surface area contributed by atoms with Crippen LogP contribution in [0.1, 0.15) is 11.1 Å². The molecule has 0 saturated heterocycles. The van der Waals surface area contributed by atoms with E-state index in [1.807, 2.05) is 35.2 Å². The Labute approximate surface area is 164 Å². The first-order valence-corrected chi connectivity index (χ1v) is 9.88. The van der Waals surface area contributed by atoms with Gasteiger partial charge in [-0.3, -0.25) is 9.69 Å². The molecular formula is C21H26N3O2S+. The smallest absolute Gasteiger partial charge is 0.233 e. The molecule has 0 aliphatic carbocycles. The van der Waals surface area contributed by atoms with Gasteiger partial charge in [0.2, 0.25) is 5.91 Å². The van der Waals surface area contributed by atoms with E-state index >= 15 is 0 Å². The summed E-state index contributed by atoms with van der Waals surface area (Å²) in [6.07, 6.45) is 0.349. The zero-order valence-electron chi connectivity index (χ0n) is 16.3. The summed E-state index contributed by atoms with van der Waals surface area (Å²) >= 11 is 1.58. The van der Waals surface area contributed by atoms with Crippen molar-refractivity contribution >= 4 is 32.6 Å². The van der Waals surface area contributed by atoms with E-state index < -0.39 is 0 Å². The summed E-state index contributed by atoms with van der Waals surface area (Å²) in [6, 6.07) is 13.8. The number of fused-ring (bicyclic) bond motifs is 1. The molecule has 0 atom stereocenters. The third-order valence-electron chi connectivity index (χ3n) is 4.49. The van der Waals surface area contributed by atoms with Crippen LogP contribution in [-0.4, -0.2) is 45.2 Å². The number of rotatable bonds is 7. The number of likely N-dealkylation sites (N-methyl/N-ethyl adjacent to an activating group) is 1. The summed E-state index contributed by atoms with van der Waals surface area (Å²) in [4.78, 5) is 21.0. The molecular weight excluding hydrogens is 358 g/mol. The number of quaternary nitrogens is 1. The van der Waals surface area contributed by atoms with Gasteiger partial charge in [0.25, 0.3) is 0 Å². The maximum atomic E-state index is 13.1. The molecule has 0 unspecified atom stereocenters. The minimum absolute atomic E-state index is 0.0677. The van der Waals surface area contributed by atoms with Gasteiger partial charge in [-0.25, -0.2) is 4.98 Å². The van der Waals surface area contributed by atoms with Gasteiger partial charge in [-0.05, 0) is 36.2 Å². The number of hydrogen-bond acceptors (Lipinski definition) is 4. The van der Waals surface area contributed by atoms with Gasteiger partial charge in [0.15, 0.2) is 5.13 Å². The fraction of sp³-hybridized carbons (Fsp3) is 0.333. The highest BCUT2D eigenvalue weighted by Crippen LogP contribution is 2.30. The third-order valence-corrected chi connectivity index (χ3v) is 5.53. The minimum Gasteiger partial charge on any atom is -0.497 e. The van der Waals surface area contributed by atoms with Crippen LogP contribution in [0.3, 0.4) is 0 Å². The molecule has 0 spiro atoms. The molecule has 0 bridgehead atoms. The third kappa shape index (κ3) is 4.64. The van der Waals surface area contributed by atoms with Crippen LogP contribution in [0.15, 0.2) is 42.5 Å². The number of thiazole rings is 1. The number of hydrogen-bond donors (Lipinski definition) is 1. The molecule has 1 aromatic heterocycles. The largest absolute Gasteiger partial charge is 0.497 e. The topological polar surface area (TPSA) is 46.9 Å². The van der Waals surface area contributed by atoms with Gasteiger partial charge in [0.1, 0.15) is 5.75 Å². The lowest BCUT2D eigenvalue weighted by Crippen LogP contribution is -3.06. The molecule has 142 valence electrons. The molecule has 27 heavy (non-hydrogen) atoms. The van der Waals surface area contributed by atoms with Crippen LogP contribution in [0.25, 0.3) is 10.2 Å². The number of para-hydroxylation sites is 1. The Morgan fingerprint density at radius 1 is 1.19 bits per heavy atom. The molecule has 3 rings (SSSR count). The Balaban J connectivity index is 1.86. The predicted molar refractivity (Wildman–Crippen MR) is 111 cm³/mol. The quantitative estimate of drug-likeness (QED) is 0.680. The highest BCUT2D eigenvalue weighted by Gasteiger charge is 2.21. The zero-order valence-corrected chi connectivity index (χ0v) is 17.1. The number of carbonyl (C=O) groups excluding carboxylic acids is 1. The highest BCUT2D eigenvalue weighted by atomic mass is 32.1. The number of methoxy groups -OCH3 is 1. The zero-order chi connectivity index (χ0) is 19.4. The molecule has 0 aliphatic heterocycles. The van der Waals surface area contributed by atoms with Crippen molar-refractivity contribution in [2.75, 3.05) is 39.2 Å². The van der Waals surface area contributed by atoms with E-state index in [2.05, 4.69) is 33.2 Å². The number of nitrogens with one attached hydrogen (secondary N) is 1. The van der Waals surface area contributed by atoms with Crippen molar-refractivity contribution < 1.29 is 14.4 Å². The second-order valence-corrected chi connectivity index (χ2v) is 7.95. The monoisotopic (exact) mass is 384 g/mol. The molecule has 1 N–H and O–H groups in total. The van der Waals surface area contributed by atoms with Gasteiger partial charge in [-0.2, -0.15) is 0 Å². The number of benzene rings is 2. The normalized spacial score (nSPS) is 11.1. The number of aromatic nitrogens is 1. The second kappa shape index (κ2) is 8.50. The van der Waals surface area contributed by atoms with Gasteiger partial charge in [0, 0.05) is 0 Å². The fourth-order valence-electron chi connectivity index (χ4n) is 2.87. The maximum absolute atomic E-state index is 13.1. The lowest BCUT2D eigenvalue weighted by molar-refractivity contribution is -0.856. The Morgan fingerprint density at radius 2 is 1.93 bits per heavy atom.